The van der Waals surface area contributed by atoms with Crippen LogP contribution in [-0.2, 0) is 6.54 Å². The van der Waals surface area contributed by atoms with Crippen molar-refractivity contribution in [2.45, 2.75) is 39.7 Å². The van der Waals surface area contributed by atoms with Crippen LogP contribution in [0.2, 0.25) is 0 Å². The summed E-state index contributed by atoms with van der Waals surface area (Å²) in [7, 11) is 0. The number of carbonyl (C=O) groups excluding carboxylic acids is 1. The van der Waals surface area contributed by atoms with Crippen molar-refractivity contribution < 1.29 is 9.53 Å². The number of unbranched alkanes of at least 4 members (excludes halogenated alkanes) is 1. The van der Waals surface area contributed by atoms with Gasteiger partial charge in [0.05, 0.1) is 16.8 Å². The summed E-state index contributed by atoms with van der Waals surface area (Å²) in [4.78, 5) is 17.8. The number of ether oxygens (including phenoxy) is 1. The van der Waals surface area contributed by atoms with Crippen LogP contribution in [0.25, 0.3) is 10.2 Å². The van der Waals surface area contributed by atoms with Crippen LogP contribution in [0.1, 0.15) is 43.5 Å². The lowest BCUT2D eigenvalue weighted by Crippen LogP contribution is -2.16. The molecule has 6 heteroatoms. The zero-order valence-corrected chi connectivity index (χ0v) is 18.0. The van der Waals surface area contributed by atoms with Gasteiger partial charge in [-0.05, 0) is 55.3 Å². The van der Waals surface area contributed by atoms with Crippen molar-refractivity contribution in [3.8, 4) is 5.75 Å². The van der Waals surface area contributed by atoms with Crippen molar-refractivity contribution in [1.29, 1.82) is 0 Å². The van der Waals surface area contributed by atoms with Crippen molar-refractivity contribution in [2.75, 3.05) is 6.61 Å². The number of fused-ring (bicyclic) bond motifs is 1. The predicted molar refractivity (Wildman–Crippen MR) is 115 cm³/mol. The summed E-state index contributed by atoms with van der Waals surface area (Å²) in [5.74, 6) is 0.554. The Kier molecular flexibility index (Phi) is 6.85. The van der Waals surface area contributed by atoms with Gasteiger partial charge in [0.1, 0.15) is 5.75 Å². The highest BCUT2D eigenvalue weighted by Crippen LogP contribution is 2.22. The molecule has 0 saturated heterocycles. The summed E-state index contributed by atoms with van der Waals surface area (Å²) < 4.78 is 9.91. The molecule has 27 heavy (non-hydrogen) atoms. The SMILES string of the molecule is CCCCOc1ccc(C(=O)N=c2sc3cc(Br)ccc3n2CCC)cc1. The number of thiazole rings is 1. The number of halogens is 1. The van der Waals surface area contributed by atoms with Crippen LogP contribution in [0.15, 0.2) is 51.9 Å². The summed E-state index contributed by atoms with van der Waals surface area (Å²) >= 11 is 5.05. The van der Waals surface area contributed by atoms with Gasteiger partial charge >= 0.3 is 0 Å². The van der Waals surface area contributed by atoms with E-state index in [9.17, 15) is 4.79 Å². The quantitative estimate of drug-likeness (QED) is 0.430. The van der Waals surface area contributed by atoms with Crippen LogP contribution >= 0.6 is 27.3 Å². The van der Waals surface area contributed by atoms with Gasteiger partial charge in [-0.15, -0.1) is 0 Å². The molecular formula is C21H23BrN2O2S. The van der Waals surface area contributed by atoms with E-state index in [1.54, 1.807) is 12.1 Å². The molecule has 3 rings (SSSR count). The summed E-state index contributed by atoms with van der Waals surface area (Å²) in [5, 5.41) is 0. The van der Waals surface area contributed by atoms with Gasteiger partial charge < -0.3 is 9.30 Å². The molecule has 0 atom stereocenters. The molecule has 0 radical (unpaired) electrons. The minimum Gasteiger partial charge on any atom is -0.494 e. The van der Waals surface area contributed by atoms with E-state index in [2.05, 4.69) is 51.5 Å². The molecule has 0 spiro atoms. The number of hydrogen-bond acceptors (Lipinski definition) is 3. The monoisotopic (exact) mass is 446 g/mol. The van der Waals surface area contributed by atoms with Gasteiger partial charge in [-0.2, -0.15) is 4.99 Å². The van der Waals surface area contributed by atoms with Gasteiger partial charge in [-0.1, -0.05) is 47.5 Å². The van der Waals surface area contributed by atoms with Gasteiger partial charge in [0.15, 0.2) is 4.80 Å². The molecular weight excluding hydrogens is 424 g/mol. The minimum atomic E-state index is -0.231. The Labute approximate surface area is 171 Å². The van der Waals surface area contributed by atoms with E-state index in [1.807, 2.05) is 18.2 Å². The first-order chi connectivity index (χ1) is 13.1. The molecule has 1 amide bonds. The number of carbonyl (C=O) groups is 1. The smallest absolute Gasteiger partial charge is 0.279 e. The molecule has 2 aromatic carbocycles. The highest BCUT2D eigenvalue weighted by Gasteiger charge is 2.09. The zero-order chi connectivity index (χ0) is 19.2. The van der Waals surface area contributed by atoms with E-state index in [0.29, 0.717) is 12.2 Å². The third-order valence-corrected chi connectivity index (χ3v) is 5.69. The van der Waals surface area contributed by atoms with Crippen molar-refractivity contribution in [3.63, 3.8) is 0 Å². The number of amides is 1. The topological polar surface area (TPSA) is 43.6 Å². The molecule has 0 N–H and O–H groups in total. The average molecular weight is 447 g/mol. The van der Waals surface area contributed by atoms with E-state index in [-0.39, 0.29) is 5.91 Å². The molecule has 0 aliphatic heterocycles. The second-order valence-electron chi connectivity index (χ2n) is 6.29. The zero-order valence-electron chi connectivity index (χ0n) is 15.6. The maximum absolute atomic E-state index is 12.7. The number of aryl methyl sites for hydroxylation is 1. The fraction of sp³-hybridized carbons (Fsp3) is 0.333. The number of hydrogen-bond donors (Lipinski definition) is 0. The van der Waals surface area contributed by atoms with Gasteiger partial charge in [-0.25, -0.2) is 0 Å². The third kappa shape index (κ3) is 4.87. The van der Waals surface area contributed by atoms with Crippen molar-refractivity contribution in [2.24, 2.45) is 4.99 Å². The highest BCUT2D eigenvalue weighted by molar-refractivity contribution is 9.10. The normalized spacial score (nSPS) is 11.9. The average Bonchev–Trinajstić information content (AvgIpc) is 2.99. The minimum absolute atomic E-state index is 0.231. The van der Waals surface area contributed by atoms with Crippen LogP contribution in [0.3, 0.4) is 0 Å². The number of nitrogens with zero attached hydrogens (tertiary/aromatic N) is 2. The molecule has 1 heterocycles. The lowest BCUT2D eigenvalue weighted by molar-refractivity contribution is 0.0998. The molecule has 142 valence electrons. The van der Waals surface area contributed by atoms with Crippen molar-refractivity contribution >= 4 is 43.4 Å². The van der Waals surface area contributed by atoms with Gasteiger partial charge in [0.25, 0.3) is 5.91 Å². The lowest BCUT2D eigenvalue weighted by atomic mass is 10.2. The number of benzene rings is 2. The molecule has 0 aliphatic carbocycles. The highest BCUT2D eigenvalue weighted by atomic mass is 79.9. The van der Waals surface area contributed by atoms with Gasteiger partial charge in [0, 0.05) is 16.6 Å². The molecule has 1 aromatic heterocycles. The first-order valence-electron chi connectivity index (χ1n) is 9.23. The predicted octanol–water partition coefficient (Wildman–Crippen LogP) is 5.80. The molecule has 0 fully saturated rings. The number of rotatable bonds is 7. The first-order valence-corrected chi connectivity index (χ1v) is 10.8. The maximum atomic E-state index is 12.7. The van der Waals surface area contributed by atoms with Crippen LogP contribution in [0, 0.1) is 0 Å². The Morgan fingerprint density at radius 1 is 1.15 bits per heavy atom. The van der Waals surface area contributed by atoms with Crippen LogP contribution in [-0.4, -0.2) is 17.1 Å². The second-order valence-corrected chi connectivity index (χ2v) is 8.22. The van der Waals surface area contributed by atoms with E-state index in [1.165, 1.54) is 11.3 Å². The number of aromatic nitrogens is 1. The van der Waals surface area contributed by atoms with Gasteiger partial charge in [-0.3, -0.25) is 4.79 Å². The van der Waals surface area contributed by atoms with E-state index in [0.717, 1.165) is 51.0 Å². The molecule has 0 unspecified atom stereocenters. The second kappa shape index (κ2) is 9.33. The maximum Gasteiger partial charge on any atom is 0.279 e. The largest absolute Gasteiger partial charge is 0.494 e. The summed E-state index contributed by atoms with van der Waals surface area (Å²) in [6.45, 7) is 5.78. The van der Waals surface area contributed by atoms with Gasteiger partial charge in [0.2, 0.25) is 0 Å². The Morgan fingerprint density at radius 3 is 2.63 bits per heavy atom. The lowest BCUT2D eigenvalue weighted by Gasteiger charge is -2.05. The first kappa shape index (κ1) is 19.8. The summed E-state index contributed by atoms with van der Waals surface area (Å²) in [6.07, 6.45) is 3.10. The molecule has 3 aromatic rings. The summed E-state index contributed by atoms with van der Waals surface area (Å²) in [5.41, 5.74) is 1.68. The van der Waals surface area contributed by atoms with Crippen LogP contribution in [0.4, 0.5) is 0 Å². The van der Waals surface area contributed by atoms with E-state index < -0.39 is 0 Å². The third-order valence-electron chi connectivity index (χ3n) is 4.16. The summed E-state index contributed by atoms with van der Waals surface area (Å²) in [6, 6.07) is 13.4. The Balaban J connectivity index is 1.89. The molecule has 0 bridgehead atoms. The standard InChI is InChI=1S/C21H23BrN2O2S/c1-3-5-13-26-17-9-6-15(7-10-17)20(25)23-21-24(12-4-2)18-11-8-16(22)14-19(18)27-21/h6-11,14H,3-5,12-13H2,1-2H3. The van der Waals surface area contributed by atoms with Crippen molar-refractivity contribution in [1.82, 2.24) is 4.57 Å². The Bertz CT molecular complexity index is 990. The Morgan fingerprint density at radius 2 is 1.93 bits per heavy atom. The molecule has 0 saturated carbocycles. The Hall–Kier alpha value is -1.92. The van der Waals surface area contributed by atoms with Crippen LogP contribution in [0.5, 0.6) is 5.75 Å². The fourth-order valence-electron chi connectivity index (χ4n) is 2.75. The van der Waals surface area contributed by atoms with Crippen LogP contribution < -0.4 is 9.54 Å². The van der Waals surface area contributed by atoms with E-state index >= 15 is 0 Å². The fourth-order valence-corrected chi connectivity index (χ4v) is 4.36. The molecule has 4 nitrogen and oxygen atoms in total. The van der Waals surface area contributed by atoms with Crippen molar-refractivity contribution in [3.05, 3.63) is 57.3 Å². The molecule has 0 aliphatic rings. The van der Waals surface area contributed by atoms with E-state index in [4.69, 9.17) is 4.74 Å².